The number of hydrogen-bond acceptors (Lipinski definition) is 2. The lowest BCUT2D eigenvalue weighted by Crippen LogP contribution is -2.19. The molecule has 17 heavy (non-hydrogen) atoms. The Kier molecular flexibility index (Phi) is 11.0. The van der Waals surface area contributed by atoms with Crippen molar-refractivity contribution in [2.24, 2.45) is 0 Å². The summed E-state index contributed by atoms with van der Waals surface area (Å²) in [7, 11) is 1.62. The Morgan fingerprint density at radius 1 is 1.18 bits per heavy atom. The van der Waals surface area contributed by atoms with E-state index in [4.69, 9.17) is 4.74 Å². The van der Waals surface area contributed by atoms with E-state index in [0.717, 1.165) is 11.3 Å². The molecule has 0 aliphatic rings. The molecule has 0 aliphatic carbocycles. The van der Waals surface area contributed by atoms with Gasteiger partial charge < -0.3 is 9.84 Å². The van der Waals surface area contributed by atoms with Gasteiger partial charge in [-0.1, -0.05) is 46.8 Å². The molecule has 0 saturated carbocycles. The normalized spacial score (nSPS) is 12.2. The summed E-state index contributed by atoms with van der Waals surface area (Å²) < 4.78 is 5.08. The van der Waals surface area contributed by atoms with Crippen LogP contribution in [0.4, 0.5) is 0 Å². The number of benzene rings is 1. The molecule has 2 nitrogen and oxygen atoms in total. The van der Waals surface area contributed by atoms with Gasteiger partial charge in [0, 0.05) is 0 Å². The van der Waals surface area contributed by atoms with Crippen LogP contribution in [0, 0.1) is 0 Å². The first-order valence-corrected chi connectivity index (χ1v) is 6.47. The average molecular weight is 240 g/mol. The summed E-state index contributed by atoms with van der Waals surface area (Å²) in [4.78, 5) is 0. The lowest BCUT2D eigenvalue weighted by molar-refractivity contribution is 0.0528. The minimum atomic E-state index is -0.755. The second-order valence-corrected chi connectivity index (χ2v) is 3.36. The molecule has 0 radical (unpaired) electrons. The maximum Gasteiger partial charge on any atom is 0.119 e. The van der Waals surface area contributed by atoms with Gasteiger partial charge in [0.25, 0.3) is 0 Å². The van der Waals surface area contributed by atoms with Crippen molar-refractivity contribution in [3.63, 3.8) is 0 Å². The Morgan fingerprint density at radius 2 is 1.71 bits per heavy atom. The average Bonchev–Trinajstić information content (AvgIpc) is 2.43. The molecule has 0 fully saturated rings. The van der Waals surface area contributed by atoms with Crippen molar-refractivity contribution in [2.45, 2.75) is 53.6 Å². The van der Waals surface area contributed by atoms with E-state index < -0.39 is 5.60 Å². The quantitative estimate of drug-likeness (QED) is 0.850. The van der Waals surface area contributed by atoms with Gasteiger partial charge in [-0.15, -0.1) is 0 Å². The number of ether oxygens (including phenoxy) is 1. The highest BCUT2D eigenvalue weighted by Crippen LogP contribution is 2.26. The van der Waals surface area contributed by atoms with E-state index in [2.05, 4.69) is 0 Å². The lowest BCUT2D eigenvalue weighted by atomic mass is 9.93. The summed E-state index contributed by atoms with van der Waals surface area (Å²) in [5.74, 6) is 0.784. The standard InChI is InChI=1S/C11H16O2.2C2H6/c1-4-11(2,12)9-6-5-7-10(8-9)13-3;2*1-2/h5-8,12H,4H2,1-3H3;2*1-2H3/t11-;;/m1../s1. The predicted octanol–water partition coefficient (Wildman–Crippen LogP) is 4.37. The van der Waals surface area contributed by atoms with Gasteiger partial charge in [-0.05, 0) is 31.0 Å². The van der Waals surface area contributed by atoms with Gasteiger partial charge in [-0.3, -0.25) is 0 Å². The van der Waals surface area contributed by atoms with Crippen molar-refractivity contribution in [2.75, 3.05) is 7.11 Å². The lowest BCUT2D eigenvalue weighted by Gasteiger charge is -2.22. The molecule has 0 saturated heterocycles. The highest BCUT2D eigenvalue weighted by atomic mass is 16.5. The highest BCUT2D eigenvalue weighted by Gasteiger charge is 2.20. The highest BCUT2D eigenvalue weighted by molar-refractivity contribution is 5.31. The molecular formula is C15H28O2. The smallest absolute Gasteiger partial charge is 0.119 e. The van der Waals surface area contributed by atoms with Crippen molar-refractivity contribution in [3.8, 4) is 5.75 Å². The van der Waals surface area contributed by atoms with Crippen molar-refractivity contribution >= 4 is 0 Å². The molecule has 1 aromatic carbocycles. The topological polar surface area (TPSA) is 29.5 Å². The van der Waals surface area contributed by atoms with Gasteiger partial charge in [-0.2, -0.15) is 0 Å². The van der Waals surface area contributed by atoms with Crippen molar-refractivity contribution < 1.29 is 9.84 Å². The molecule has 0 bridgehead atoms. The van der Waals surface area contributed by atoms with Crippen LogP contribution in [0.25, 0.3) is 0 Å². The molecule has 0 unspecified atom stereocenters. The van der Waals surface area contributed by atoms with Crippen molar-refractivity contribution in [1.29, 1.82) is 0 Å². The second kappa shape index (κ2) is 10.2. The van der Waals surface area contributed by atoms with Crippen LogP contribution in [0.2, 0.25) is 0 Å². The zero-order chi connectivity index (χ0) is 13.9. The van der Waals surface area contributed by atoms with E-state index in [0.29, 0.717) is 6.42 Å². The number of rotatable bonds is 3. The maximum absolute atomic E-state index is 9.96. The van der Waals surface area contributed by atoms with Gasteiger partial charge in [-0.25, -0.2) is 0 Å². The molecule has 0 amide bonds. The van der Waals surface area contributed by atoms with Crippen LogP contribution in [0.5, 0.6) is 5.75 Å². The zero-order valence-electron chi connectivity index (χ0n) is 12.4. The summed E-state index contributed by atoms with van der Waals surface area (Å²) in [6, 6.07) is 7.53. The molecule has 100 valence electrons. The molecule has 1 atom stereocenters. The number of aliphatic hydroxyl groups is 1. The van der Waals surface area contributed by atoms with Gasteiger partial charge in [0.1, 0.15) is 5.75 Å². The van der Waals surface area contributed by atoms with Crippen LogP contribution in [0.1, 0.15) is 53.5 Å². The second-order valence-electron chi connectivity index (χ2n) is 3.36. The van der Waals surface area contributed by atoms with E-state index in [1.165, 1.54) is 0 Å². The predicted molar refractivity (Wildman–Crippen MR) is 75.6 cm³/mol. The summed E-state index contributed by atoms with van der Waals surface area (Å²) in [6.45, 7) is 11.8. The molecule has 0 aliphatic heterocycles. The van der Waals surface area contributed by atoms with Gasteiger partial charge in [0.2, 0.25) is 0 Å². The van der Waals surface area contributed by atoms with Crippen LogP contribution in [0.15, 0.2) is 24.3 Å². The van der Waals surface area contributed by atoms with Crippen molar-refractivity contribution in [3.05, 3.63) is 29.8 Å². The first kappa shape index (κ1) is 18.3. The molecule has 0 spiro atoms. The Hall–Kier alpha value is -1.02. The molecule has 0 heterocycles. The van der Waals surface area contributed by atoms with E-state index >= 15 is 0 Å². The maximum atomic E-state index is 9.96. The Labute approximate surface area is 107 Å². The molecule has 1 rings (SSSR count). The third-order valence-electron chi connectivity index (χ3n) is 2.38. The van der Waals surface area contributed by atoms with Crippen LogP contribution in [-0.2, 0) is 5.60 Å². The summed E-state index contributed by atoms with van der Waals surface area (Å²) in [5, 5.41) is 9.96. The minimum absolute atomic E-state index is 0.695. The van der Waals surface area contributed by atoms with Gasteiger partial charge in [0.15, 0.2) is 0 Å². The van der Waals surface area contributed by atoms with Crippen LogP contribution >= 0.6 is 0 Å². The summed E-state index contributed by atoms with van der Waals surface area (Å²) in [5.41, 5.74) is 0.142. The largest absolute Gasteiger partial charge is 0.497 e. The van der Waals surface area contributed by atoms with E-state index in [9.17, 15) is 5.11 Å². The summed E-state index contributed by atoms with van der Waals surface area (Å²) in [6.07, 6.45) is 0.695. The molecule has 2 heteroatoms. The van der Waals surface area contributed by atoms with Gasteiger partial charge in [0.05, 0.1) is 12.7 Å². The first-order valence-electron chi connectivity index (χ1n) is 6.47. The zero-order valence-corrected chi connectivity index (χ0v) is 12.4. The van der Waals surface area contributed by atoms with Gasteiger partial charge >= 0.3 is 0 Å². The fraction of sp³-hybridized carbons (Fsp3) is 0.600. The SMILES string of the molecule is CC.CC.CC[C@@](C)(O)c1cccc(OC)c1. The monoisotopic (exact) mass is 240 g/mol. The fourth-order valence-corrected chi connectivity index (χ4v) is 1.16. The molecule has 1 N–H and O–H groups in total. The van der Waals surface area contributed by atoms with Crippen molar-refractivity contribution in [1.82, 2.24) is 0 Å². The Balaban J connectivity index is 0. The number of methoxy groups -OCH3 is 1. The van der Waals surface area contributed by atoms with Crippen LogP contribution in [-0.4, -0.2) is 12.2 Å². The Morgan fingerprint density at radius 3 is 2.12 bits per heavy atom. The third kappa shape index (κ3) is 6.32. The first-order chi connectivity index (χ1) is 8.10. The van der Waals surface area contributed by atoms with Crippen LogP contribution in [0.3, 0.4) is 0 Å². The minimum Gasteiger partial charge on any atom is -0.497 e. The molecular weight excluding hydrogens is 212 g/mol. The van der Waals surface area contributed by atoms with E-state index in [1.54, 1.807) is 7.11 Å². The van der Waals surface area contributed by atoms with E-state index in [1.807, 2.05) is 65.8 Å². The Bertz CT molecular complexity index is 280. The molecule has 0 aromatic heterocycles. The number of hydrogen-bond donors (Lipinski definition) is 1. The summed E-state index contributed by atoms with van der Waals surface area (Å²) >= 11 is 0. The van der Waals surface area contributed by atoms with E-state index in [-0.39, 0.29) is 0 Å². The third-order valence-corrected chi connectivity index (χ3v) is 2.38. The fourth-order valence-electron chi connectivity index (χ4n) is 1.16. The van der Waals surface area contributed by atoms with Crippen LogP contribution < -0.4 is 4.74 Å². The molecule has 1 aromatic rings.